The Morgan fingerprint density at radius 2 is 2.00 bits per heavy atom. The molecule has 1 aliphatic rings. The third kappa shape index (κ3) is 4.73. The Morgan fingerprint density at radius 1 is 1.24 bits per heavy atom. The molecule has 134 valence electrons. The molecule has 1 saturated heterocycles. The second-order valence-electron chi connectivity index (χ2n) is 6.13. The van der Waals surface area contributed by atoms with E-state index in [1.807, 2.05) is 17.2 Å². The van der Waals surface area contributed by atoms with Gasteiger partial charge in [0.05, 0.1) is 12.2 Å². The number of nitrogens with zero attached hydrogens (tertiary/aromatic N) is 5. The molecule has 1 aliphatic heterocycles. The van der Waals surface area contributed by atoms with E-state index in [9.17, 15) is 4.79 Å². The van der Waals surface area contributed by atoms with Crippen molar-refractivity contribution >= 4 is 17.4 Å². The summed E-state index contributed by atoms with van der Waals surface area (Å²) in [5, 5.41) is 13.0. The second kappa shape index (κ2) is 8.35. The van der Waals surface area contributed by atoms with Crippen molar-refractivity contribution in [1.29, 1.82) is 0 Å². The smallest absolute Gasteiger partial charge is 0.317 e. The number of pyridine rings is 1. The summed E-state index contributed by atoms with van der Waals surface area (Å²) in [5.41, 5.74) is 2.33. The van der Waals surface area contributed by atoms with Crippen molar-refractivity contribution in [1.82, 2.24) is 30.3 Å². The van der Waals surface area contributed by atoms with Gasteiger partial charge in [0.25, 0.3) is 0 Å². The van der Waals surface area contributed by atoms with Crippen molar-refractivity contribution in [2.45, 2.75) is 33.4 Å². The monoisotopic (exact) mass is 360 g/mol. The molecule has 2 amide bonds. The molecule has 0 atom stereocenters. The van der Waals surface area contributed by atoms with Crippen molar-refractivity contribution in [3.05, 3.63) is 39.6 Å². The second-order valence-corrected chi connectivity index (χ2v) is 7.28. The Hall–Kier alpha value is -2.06. The summed E-state index contributed by atoms with van der Waals surface area (Å²) in [7, 11) is 0. The van der Waals surface area contributed by atoms with Gasteiger partial charge in [0, 0.05) is 38.9 Å². The number of rotatable bonds is 5. The van der Waals surface area contributed by atoms with Crippen LogP contribution in [0.2, 0.25) is 0 Å². The molecular formula is C17H24N6OS. The number of nitrogens with one attached hydrogen (secondary N) is 1. The predicted molar refractivity (Wildman–Crippen MR) is 97.3 cm³/mol. The molecule has 0 bridgehead atoms. The quantitative estimate of drug-likeness (QED) is 0.881. The number of amides is 2. The van der Waals surface area contributed by atoms with Crippen LogP contribution in [-0.2, 0) is 19.5 Å². The van der Waals surface area contributed by atoms with E-state index in [1.165, 1.54) is 5.56 Å². The summed E-state index contributed by atoms with van der Waals surface area (Å²) in [6, 6.07) is 4.02. The van der Waals surface area contributed by atoms with E-state index >= 15 is 0 Å². The van der Waals surface area contributed by atoms with Gasteiger partial charge in [0.15, 0.2) is 0 Å². The van der Waals surface area contributed by atoms with E-state index in [0.717, 1.165) is 54.9 Å². The molecule has 2 aromatic heterocycles. The summed E-state index contributed by atoms with van der Waals surface area (Å²) >= 11 is 1.55. The average molecular weight is 360 g/mol. The molecule has 25 heavy (non-hydrogen) atoms. The molecule has 8 heteroatoms. The maximum absolute atomic E-state index is 12.3. The van der Waals surface area contributed by atoms with E-state index in [0.29, 0.717) is 6.54 Å². The fourth-order valence-electron chi connectivity index (χ4n) is 2.77. The zero-order valence-electron chi connectivity index (χ0n) is 14.7. The van der Waals surface area contributed by atoms with Gasteiger partial charge in [-0.2, -0.15) is 0 Å². The molecule has 0 aliphatic carbocycles. The first-order chi connectivity index (χ1) is 12.2. The molecule has 0 unspecified atom stereocenters. The molecule has 3 rings (SSSR count). The molecule has 1 N–H and O–H groups in total. The maximum Gasteiger partial charge on any atom is 0.317 e. The molecule has 0 aromatic carbocycles. The van der Waals surface area contributed by atoms with Crippen molar-refractivity contribution in [2.24, 2.45) is 0 Å². The fraction of sp³-hybridized carbons (Fsp3) is 0.529. The summed E-state index contributed by atoms with van der Waals surface area (Å²) in [6.07, 6.45) is 2.72. The van der Waals surface area contributed by atoms with Gasteiger partial charge in [-0.05, 0) is 25.0 Å². The number of aryl methyl sites for hydroxylation is 2. The van der Waals surface area contributed by atoms with Gasteiger partial charge in [-0.1, -0.05) is 24.3 Å². The summed E-state index contributed by atoms with van der Waals surface area (Å²) in [6.45, 7) is 8.61. The van der Waals surface area contributed by atoms with Crippen molar-refractivity contribution < 1.29 is 4.79 Å². The molecular weight excluding hydrogens is 336 g/mol. The molecule has 2 aromatic rings. The number of carbonyl (C=O) groups excluding carboxylic acids is 1. The largest absolute Gasteiger partial charge is 0.331 e. The Balaban J connectivity index is 1.43. The summed E-state index contributed by atoms with van der Waals surface area (Å²) in [5.74, 6) is 0. The first kappa shape index (κ1) is 17.8. The van der Waals surface area contributed by atoms with Crippen LogP contribution in [0.5, 0.6) is 0 Å². The number of piperazine rings is 1. The summed E-state index contributed by atoms with van der Waals surface area (Å²) < 4.78 is 0. The molecule has 0 radical (unpaired) electrons. The van der Waals surface area contributed by atoms with Gasteiger partial charge >= 0.3 is 6.03 Å². The third-order valence-electron chi connectivity index (χ3n) is 4.35. The highest BCUT2D eigenvalue weighted by Crippen LogP contribution is 2.12. The van der Waals surface area contributed by atoms with Crippen LogP contribution in [0.4, 0.5) is 4.79 Å². The fourth-order valence-corrected chi connectivity index (χ4v) is 3.49. The number of hydrogen-bond acceptors (Lipinski definition) is 6. The van der Waals surface area contributed by atoms with Gasteiger partial charge in [0.1, 0.15) is 10.0 Å². The van der Waals surface area contributed by atoms with Crippen LogP contribution >= 0.6 is 11.3 Å². The highest BCUT2D eigenvalue weighted by molar-refractivity contribution is 7.11. The Bertz CT molecular complexity index is 711. The van der Waals surface area contributed by atoms with Crippen LogP contribution < -0.4 is 5.32 Å². The van der Waals surface area contributed by atoms with Crippen molar-refractivity contribution in [3.63, 3.8) is 0 Å². The van der Waals surface area contributed by atoms with Crippen LogP contribution in [0, 0.1) is 6.92 Å². The topological polar surface area (TPSA) is 74.2 Å². The molecule has 0 spiro atoms. The lowest BCUT2D eigenvalue weighted by Gasteiger charge is -2.34. The molecule has 7 nitrogen and oxygen atoms in total. The van der Waals surface area contributed by atoms with E-state index in [1.54, 1.807) is 11.3 Å². The molecule has 0 saturated carbocycles. The van der Waals surface area contributed by atoms with Crippen molar-refractivity contribution in [2.75, 3.05) is 26.2 Å². The Labute approximate surface area is 152 Å². The van der Waals surface area contributed by atoms with Crippen LogP contribution in [0.15, 0.2) is 18.3 Å². The van der Waals surface area contributed by atoms with Gasteiger partial charge in [0.2, 0.25) is 0 Å². The predicted octanol–water partition coefficient (Wildman–Crippen LogP) is 1.83. The lowest BCUT2D eigenvalue weighted by Crippen LogP contribution is -2.51. The number of aromatic nitrogens is 3. The SMILES string of the molecule is CCc1nnc(CNC(=O)N2CCN(Cc3ncccc3C)CC2)s1. The first-order valence-electron chi connectivity index (χ1n) is 8.62. The zero-order valence-corrected chi connectivity index (χ0v) is 15.6. The van der Waals surface area contributed by atoms with Crippen LogP contribution in [0.1, 0.15) is 28.2 Å². The van der Waals surface area contributed by atoms with Crippen molar-refractivity contribution in [3.8, 4) is 0 Å². The normalized spacial score (nSPS) is 15.4. The Kier molecular flexibility index (Phi) is 5.93. The van der Waals surface area contributed by atoms with Gasteiger partial charge < -0.3 is 10.2 Å². The first-order valence-corrected chi connectivity index (χ1v) is 9.44. The van der Waals surface area contributed by atoms with E-state index < -0.39 is 0 Å². The highest BCUT2D eigenvalue weighted by Gasteiger charge is 2.21. The number of urea groups is 1. The average Bonchev–Trinajstić information content (AvgIpc) is 3.10. The van der Waals surface area contributed by atoms with Crippen LogP contribution in [-0.4, -0.2) is 57.2 Å². The molecule has 1 fully saturated rings. The van der Waals surface area contributed by atoms with Crippen LogP contribution in [0.25, 0.3) is 0 Å². The minimum atomic E-state index is -0.0260. The standard InChI is InChI=1S/C17H24N6OS/c1-3-15-20-21-16(25-15)11-19-17(24)23-9-7-22(8-10-23)12-14-13(2)5-4-6-18-14/h4-6H,3,7-12H2,1-2H3,(H,19,24). The zero-order chi connectivity index (χ0) is 17.6. The number of carbonyl (C=O) groups is 1. The maximum atomic E-state index is 12.3. The van der Waals surface area contributed by atoms with Gasteiger partial charge in [-0.15, -0.1) is 10.2 Å². The van der Waals surface area contributed by atoms with Gasteiger partial charge in [-0.25, -0.2) is 4.79 Å². The minimum Gasteiger partial charge on any atom is -0.331 e. The minimum absolute atomic E-state index is 0.0260. The lowest BCUT2D eigenvalue weighted by molar-refractivity contribution is 0.134. The Morgan fingerprint density at radius 3 is 2.68 bits per heavy atom. The third-order valence-corrected chi connectivity index (χ3v) is 5.42. The summed E-state index contributed by atoms with van der Waals surface area (Å²) in [4.78, 5) is 21.0. The van der Waals surface area contributed by atoms with E-state index in [-0.39, 0.29) is 6.03 Å². The highest BCUT2D eigenvalue weighted by atomic mass is 32.1. The van der Waals surface area contributed by atoms with E-state index in [2.05, 4.69) is 45.3 Å². The van der Waals surface area contributed by atoms with E-state index in [4.69, 9.17) is 0 Å². The lowest BCUT2D eigenvalue weighted by atomic mass is 10.2. The van der Waals surface area contributed by atoms with Gasteiger partial charge in [-0.3, -0.25) is 9.88 Å². The number of hydrogen-bond donors (Lipinski definition) is 1. The van der Waals surface area contributed by atoms with Crippen LogP contribution in [0.3, 0.4) is 0 Å². The molecule has 3 heterocycles.